The van der Waals surface area contributed by atoms with Crippen molar-refractivity contribution in [2.45, 2.75) is 32.5 Å². The molecule has 2 heterocycles. The number of rotatable bonds is 11. The molecule has 2 aliphatic heterocycles. The number of allylic oxidation sites excluding steroid dienone is 7. The molecular weight excluding hydrogens is 392 g/mol. The predicted octanol–water partition coefficient (Wildman–Crippen LogP) is 4.04. The summed E-state index contributed by atoms with van der Waals surface area (Å²) in [5, 5.41) is 0. The minimum Gasteiger partial charge on any atom is -0.388 e. The van der Waals surface area contributed by atoms with E-state index >= 15 is 0 Å². The van der Waals surface area contributed by atoms with Crippen molar-refractivity contribution in [1.29, 1.82) is 0 Å². The van der Waals surface area contributed by atoms with Gasteiger partial charge in [0.15, 0.2) is 0 Å². The number of methoxy groups -OCH3 is 2. The molecule has 2 fully saturated rings. The molecule has 0 radical (unpaired) electrons. The molecule has 0 amide bonds. The van der Waals surface area contributed by atoms with Crippen LogP contribution < -0.4 is 0 Å². The van der Waals surface area contributed by atoms with E-state index in [0.29, 0.717) is 12.2 Å². The van der Waals surface area contributed by atoms with Crippen LogP contribution in [0.3, 0.4) is 0 Å². The van der Waals surface area contributed by atoms with Gasteiger partial charge in [-0.1, -0.05) is 36.5 Å². The van der Waals surface area contributed by atoms with Crippen molar-refractivity contribution in [1.82, 2.24) is 9.80 Å². The van der Waals surface area contributed by atoms with Gasteiger partial charge in [0.25, 0.3) is 0 Å². The lowest BCUT2D eigenvalue weighted by molar-refractivity contribution is 0.277. The second-order valence-corrected chi connectivity index (χ2v) is 7.97. The van der Waals surface area contributed by atoms with Crippen LogP contribution in [0.15, 0.2) is 60.0 Å². The Bertz CT molecular complexity index is 615. The van der Waals surface area contributed by atoms with Crippen LogP contribution in [0, 0.1) is 0 Å². The molecule has 0 saturated carbocycles. The van der Waals surface area contributed by atoms with Crippen molar-refractivity contribution in [2.24, 2.45) is 0 Å². The van der Waals surface area contributed by atoms with E-state index in [4.69, 9.17) is 9.47 Å². The smallest absolute Gasteiger partial charge is 0.0984 e. The van der Waals surface area contributed by atoms with Crippen LogP contribution in [0.1, 0.15) is 20.3 Å². The number of epoxide rings is 2. The second kappa shape index (κ2) is 16.8. The quantitative estimate of drug-likeness (QED) is 0.360. The second-order valence-electron chi connectivity index (χ2n) is 7.97. The van der Waals surface area contributed by atoms with Gasteiger partial charge in [-0.25, -0.2) is 0 Å². The minimum absolute atomic E-state index is 0.378. The Morgan fingerprint density at radius 2 is 1.32 bits per heavy atom. The monoisotopic (exact) mass is 436 g/mol. The molecule has 0 N–H and O–H groups in total. The van der Waals surface area contributed by atoms with E-state index in [1.165, 1.54) is 11.3 Å². The van der Waals surface area contributed by atoms with Crippen molar-refractivity contribution in [3.8, 4) is 0 Å². The van der Waals surface area contributed by atoms with Crippen molar-refractivity contribution in [2.75, 3.05) is 68.8 Å². The normalized spacial score (nSPS) is 19.6. The van der Waals surface area contributed by atoms with Crippen LogP contribution in [0.4, 0.5) is 0 Å². The van der Waals surface area contributed by atoms with Crippen LogP contribution >= 0.6 is 0 Å². The van der Waals surface area contributed by atoms with Crippen LogP contribution in [0.25, 0.3) is 0 Å². The topological polar surface area (TPSA) is 50.0 Å². The molecule has 0 aromatic rings. The molecule has 2 rings (SSSR count). The first-order chi connectivity index (χ1) is 14.7. The summed E-state index contributed by atoms with van der Waals surface area (Å²) in [5.41, 5.74) is 4.60. The first kappa shape index (κ1) is 29.1. The standard InChI is InChI=1S/C21H32N2O2.2C2H6O/c1-16(7-9-18(3)22(5)12-20-14-24-20)11-17(2)8-10-19(4)23(6)13-21-15-25-21;2*1-3-2/h7-10,20-21H,1,3,11-15H2,2,4-6H3;2*1-2H3/b9-7-,17-8+,19-10+;;. The molecule has 31 heavy (non-hydrogen) atoms. The third-order valence-corrected chi connectivity index (χ3v) is 4.48. The summed E-state index contributed by atoms with van der Waals surface area (Å²) >= 11 is 0. The van der Waals surface area contributed by atoms with E-state index in [2.05, 4.69) is 71.6 Å². The highest BCUT2D eigenvalue weighted by molar-refractivity contribution is 5.28. The van der Waals surface area contributed by atoms with Crippen LogP contribution in [-0.4, -0.2) is 90.8 Å². The van der Waals surface area contributed by atoms with Gasteiger partial charge in [-0.15, -0.1) is 0 Å². The summed E-state index contributed by atoms with van der Waals surface area (Å²) in [6.45, 7) is 16.1. The van der Waals surface area contributed by atoms with E-state index in [9.17, 15) is 0 Å². The summed E-state index contributed by atoms with van der Waals surface area (Å²) in [5.74, 6) is 0. The number of likely N-dealkylation sites (N-methyl/N-ethyl adjacent to an activating group) is 2. The van der Waals surface area contributed by atoms with Gasteiger partial charge in [-0.3, -0.25) is 0 Å². The molecule has 2 unspecified atom stereocenters. The Balaban J connectivity index is 0.00000134. The number of hydrogen-bond acceptors (Lipinski definition) is 6. The molecule has 0 aromatic heterocycles. The van der Waals surface area contributed by atoms with E-state index in [0.717, 1.165) is 44.0 Å². The maximum absolute atomic E-state index is 5.27. The summed E-state index contributed by atoms with van der Waals surface area (Å²) in [6.07, 6.45) is 10.1. The number of nitrogens with zero attached hydrogens (tertiary/aromatic N) is 2. The molecular formula is C25H44N2O4. The summed E-state index contributed by atoms with van der Waals surface area (Å²) < 4.78 is 19.0. The Hall–Kier alpha value is -1.86. The fourth-order valence-corrected chi connectivity index (χ4v) is 2.43. The summed E-state index contributed by atoms with van der Waals surface area (Å²) in [7, 11) is 10.6. The fourth-order valence-electron chi connectivity index (χ4n) is 2.43. The zero-order valence-electron chi connectivity index (χ0n) is 20.9. The van der Waals surface area contributed by atoms with Gasteiger partial charge in [0.2, 0.25) is 0 Å². The van der Waals surface area contributed by atoms with Gasteiger partial charge in [0.05, 0.1) is 25.4 Å². The van der Waals surface area contributed by atoms with Crippen LogP contribution in [0.5, 0.6) is 0 Å². The Morgan fingerprint density at radius 1 is 0.871 bits per heavy atom. The molecule has 0 aliphatic carbocycles. The average molecular weight is 437 g/mol. The zero-order chi connectivity index (χ0) is 23.8. The lowest BCUT2D eigenvalue weighted by Gasteiger charge is -2.18. The van der Waals surface area contributed by atoms with Gasteiger partial charge < -0.3 is 28.7 Å². The Labute approximate surface area is 190 Å². The summed E-state index contributed by atoms with van der Waals surface area (Å²) in [4.78, 5) is 4.36. The molecule has 2 saturated heterocycles. The van der Waals surface area contributed by atoms with Gasteiger partial charge in [0, 0.05) is 67.0 Å². The van der Waals surface area contributed by atoms with Gasteiger partial charge in [-0.2, -0.15) is 0 Å². The largest absolute Gasteiger partial charge is 0.388 e. The maximum atomic E-state index is 5.27. The Kier molecular flexibility index (Phi) is 15.8. The predicted molar refractivity (Wildman–Crippen MR) is 130 cm³/mol. The number of ether oxygens (including phenoxy) is 4. The third-order valence-electron chi connectivity index (χ3n) is 4.48. The van der Waals surface area contributed by atoms with Crippen molar-refractivity contribution in [3.05, 3.63) is 60.0 Å². The van der Waals surface area contributed by atoms with Gasteiger partial charge >= 0.3 is 0 Å². The van der Waals surface area contributed by atoms with E-state index < -0.39 is 0 Å². The molecule has 178 valence electrons. The Morgan fingerprint density at radius 3 is 1.77 bits per heavy atom. The molecule has 0 aromatic carbocycles. The first-order valence-corrected chi connectivity index (χ1v) is 10.5. The molecule has 2 atom stereocenters. The average Bonchev–Trinajstić information content (AvgIpc) is 3.62. The molecule has 0 spiro atoms. The van der Waals surface area contributed by atoms with Crippen LogP contribution in [0.2, 0.25) is 0 Å². The van der Waals surface area contributed by atoms with Crippen molar-refractivity contribution in [3.63, 3.8) is 0 Å². The number of hydrogen-bond donors (Lipinski definition) is 0. The molecule has 0 bridgehead atoms. The SMILES string of the molecule is C=C(/C=C\C(=C)N(C)CC1CO1)C/C(C)=C/C=C(\C)N(C)CC1CO1.COC.COC. The first-order valence-electron chi connectivity index (χ1n) is 10.5. The maximum Gasteiger partial charge on any atom is 0.0984 e. The highest BCUT2D eigenvalue weighted by Crippen LogP contribution is 2.16. The minimum atomic E-state index is 0.378. The van der Waals surface area contributed by atoms with Crippen molar-refractivity contribution < 1.29 is 18.9 Å². The third kappa shape index (κ3) is 16.5. The lowest BCUT2D eigenvalue weighted by atomic mass is 10.1. The lowest BCUT2D eigenvalue weighted by Crippen LogP contribution is -2.21. The molecule has 6 heteroatoms. The summed E-state index contributed by atoms with van der Waals surface area (Å²) in [6, 6.07) is 0. The fraction of sp³-hybridized carbons (Fsp3) is 0.600. The van der Waals surface area contributed by atoms with Crippen LogP contribution in [-0.2, 0) is 18.9 Å². The molecule has 6 nitrogen and oxygen atoms in total. The van der Waals surface area contributed by atoms with E-state index in [1.54, 1.807) is 28.4 Å². The van der Waals surface area contributed by atoms with Gasteiger partial charge in [-0.05, 0) is 32.4 Å². The van der Waals surface area contributed by atoms with E-state index in [-0.39, 0.29) is 0 Å². The van der Waals surface area contributed by atoms with Gasteiger partial charge in [0.1, 0.15) is 0 Å². The highest BCUT2D eigenvalue weighted by Gasteiger charge is 2.24. The highest BCUT2D eigenvalue weighted by atomic mass is 16.6. The zero-order valence-corrected chi connectivity index (χ0v) is 20.9. The van der Waals surface area contributed by atoms with E-state index in [1.807, 2.05) is 13.1 Å². The molecule has 2 aliphatic rings. The van der Waals surface area contributed by atoms with Crippen molar-refractivity contribution >= 4 is 0 Å².